The van der Waals surface area contributed by atoms with Crippen molar-refractivity contribution in [2.75, 3.05) is 0 Å². The molecule has 0 saturated carbocycles. The molecule has 0 aliphatic carbocycles. The van der Waals surface area contributed by atoms with E-state index in [1.807, 2.05) is 36.4 Å². The number of nitrogens with one attached hydrogen (secondary N) is 1. The van der Waals surface area contributed by atoms with Crippen LogP contribution in [0.2, 0.25) is 0 Å². The SMILES string of the molecule is CC(C)NCc1ccccc1-c1cccc(Br)c1F. The Morgan fingerprint density at radius 1 is 1.05 bits per heavy atom. The summed E-state index contributed by atoms with van der Waals surface area (Å²) in [5.74, 6) is -0.209. The lowest BCUT2D eigenvalue weighted by Gasteiger charge is -2.13. The van der Waals surface area contributed by atoms with E-state index < -0.39 is 0 Å². The molecule has 19 heavy (non-hydrogen) atoms. The Hall–Kier alpha value is -1.19. The van der Waals surface area contributed by atoms with Gasteiger partial charge in [0.2, 0.25) is 0 Å². The summed E-state index contributed by atoms with van der Waals surface area (Å²) in [7, 11) is 0. The first-order valence-electron chi connectivity index (χ1n) is 6.35. The fourth-order valence-corrected chi connectivity index (χ4v) is 2.33. The number of hydrogen-bond acceptors (Lipinski definition) is 1. The molecule has 0 saturated heterocycles. The standard InChI is InChI=1S/C16H17BrFN/c1-11(2)19-10-12-6-3-4-7-13(12)14-8-5-9-15(17)16(14)18/h3-9,11,19H,10H2,1-2H3. The maximum Gasteiger partial charge on any atom is 0.145 e. The number of hydrogen-bond donors (Lipinski definition) is 1. The molecule has 0 bridgehead atoms. The van der Waals surface area contributed by atoms with Crippen molar-refractivity contribution in [3.8, 4) is 11.1 Å². The second-order valence-corrected chi connectivity index (χ2v) is 5.65. The highest BCUT2D eigenvalue weighted by Gasteiger charge is 2.11. The van der Waals surface area contributed by atoms with Gasteiger partial charge in [0.05, 0.1) is 4.47 Å². The topological polar surface area (TPSA) is 12.0 Å². The van der Waals surface area contributed by atoms with Crippen LogP contribution in [-0.4, -0.2) is 6.04 Å². The molecule has 0 atom stereocenters. The van der Waals surface area contributed by atoms with E-state index in [-0.39, 0.29) is 5.82 Å². The fraction of sp³-hybridized carbons (Fsp3) is 0.250. The predicted octanol–water partition coefficient (Wildman–Crippen LogP) is 4.75. The summed E-state index contributed by atoms with van der Waals surface area (Å²) in [5, 5.41) is 3.37. The zero-order valence-electron chi connectivity index (χ0n) is 11.1. The third-order valence-electron chi connectivity index (χ3n) is 2.96. The molecule has 0 aliphatic heterocycles. The minimum Gasteiger partial charge on any atom is -0.310 e. The lowest BCUT2D eigenvalue weighted by molar-refractivity contribution is 0.588. The molecular weight excluding hydrogens is 305 g/mol. The summed E-state index contributed by atoms with van der Waals surface area (Å²) < 4.78 is 14.7. The van der Waals surface area contributed by atoms with E-state index in [1.165, 1.54) is 0 Å². The highest BCUT2D eigenvalue weighted by Crippen LogP contribution is 2.30. The average Bonchev–Trinajstić information content (AvgIpc) is 2.40. The molecular formula is C16H17BrFN. The molecule has 2 aromatic rings. The summed E-state index contributed by atoms with van der Waals surface area (Å²) >= 11 is 3.24. The zero-order chi connectivity index (χ0) is 13.8. The van der Waals surface area contributed by atoms with E-state index in [2.05, 4.69) is 35.1 Å². The van der Waals surface area contributed by atoms with Crippen LogP contribution in [0.15, 0.2) is 46.9 Å². The first-order chi connectivity index (χ1) is 9.09. The van der Waals surface area contributed by atoms with Crippen LogP contribution >= 0.6 is 15.9 Å². The van der Waals surface area contributed by atoms with Crippen molar-refractivity contribution in [3.05, 3.63) is 58.3 Å². The van der Waals surface area contributed by atoms with Gasteiger partial charge in [-0.25, -0.2) is 4.39 Å². The smallest absolute Gasteiger partial charge is 0.145 e. The first kappa shape index (κ1) is 14.2. The third-order valence-corrected chi connectivity index (χ3v) is 3.57. The molecule has 1 N–H and O–H groups in total. The average molecular weight is 322 g/mol. The molecule has 2 aromatic carbocycles. The number of benzene rings is 2. The lowest BCUT2D eigenvalue weighted by Crippen LogP contribution is -2.22. The van der Waals surface area contributed by atoms with Crippen LogP contribution < -0.4 is 5.32 Å². The molecule has 0 aliphatic rings. The second-order valence-electron chi connectivity index (χ2n) is 4.79. The highest BCUT2D eigenvalue weighted by atomic mass is 79.9. The van der Waals surface area contributed by atoms with E-state index in [4.69, 9.17) is 0 Å². The van der Waals surface area contributed by atoms with E-state index in [1.54, 1.807) is 6.07 Å². The molecule has 2 rings (SSSR count). The van der Waals surface area contributed by atoms with Gasteiger partial charge in [-0.2, -0.15) is 0 Å². The molecule has 0 aromatic heterocycles. The van der Waals surface area contributed by atoms with Crippen molar-refractivity contribution in [1.82, 2.24) is 5.32 Å². The van der Waals surface area contributed by atoms with E-state index in [0.717, 1.165) is 17.7 Å². The Bertz CT molecular complexity index is 566. The summed E-state index contributed by atoms with van der Waals surface area (Å²) in [6.45, 7) is 4.93. The van der Waals surface area contributed by atoms with Crippen molar-refractivity contribution >= 4 is 15.9 Å². The maximum absolute atomic E-state index is 14.2. The highest BCUT2D eigenvalue weighted by molar-refractivity contribution is 9.10. The summed E-state index contributed by atoms with van der Waals surface area (Å²) in [6.07, 6.45) is 0. The Morgan fingerprint density at radius 2 is 1.74 bits per heavy atom. The van der Waals surface area contributed by atoms with Crippen LogP contribution in [0.1, 0.15) is 19.4 Å². The van der Waals surface area contributed by atoms with Gasteiger partial charge < -0.3 is 5.32 Å². The van der Waals surface area contributed by atoms with Gasteiger partial charge in [-0.15, -0.1) is 0 Å². The Balaban J connectivity index is 2.41. The molecule has 0 amide bonds. The first-order valence-corrected chi connectivity index (χ1v) is 7.14. The minimum atomic E-state index is -0.209. The summed E-state index contributed by atoms with van der Waals surface area (Å²) in [6, 6.07) is 13.7. The summed E-state index contributed by atoms with van der Waals surface area (Å²) in [4.78, 5) is 0. The van der Waals surface area contributed by atoms with E-state index in [0.29, 0.717) is 16.1 Å². The van der Waals surface area contributed by atoms with Crippen molar-refractivity contribution in [1.29, 1.82) is 0 Å². The Kier molecular flexibility index (Phi) is 4.72. The van der Waals surface area contributed by atoms with Gasteiger partial charge in [0.25, 0.3) is 0 Å². The van der Waals surface area contributed by atoms with E-state index in [9.17, 15) is 4.39 Å². The largest absolute Gasteiger partial charge is 0.310 e. The van der Waals surface area contributed by atoms with Gasteiger partial charge in [-0.05, 0) is 33.1 Å². The van der Waals surface area contributed by atoms with Crippen LogP contribution in [0, 0.1) is 5.82 Å². The van der Waals surface area contributed by atoms with Crippen LogP contribution in [0.4, 0.5) is 4.39 Å². The van der Waals surface area contributed by atoms with Crippen molar-refractivity contribution in [3.63, 3.8) is 0 Å². The molecule has 100 valence electrons. The Morgan fingerprint density at radius 3 is 2.47 bits per heavy atom. The van der Waals surface area contributed by atoms with Gasteiger partial charge in [0, 0.05) is 18.2 Å². The van der Waals surface area contributed by atoms with Crippen molar-refractivity contribution < 1.29 is 4.39 Å². The van der Waals surface area contributed by atoms with Crippen molar-refractivity contribution in [2.45, 2.75) is 26.4 Å². The lowest BCUT2D eigenvalue weighted by atomic mass is 9.99. The minimum absolute atomic E-state index is 0.209. The van der Waals surface area contributed by atoms with Crippen LogP contribution in [0.25, 0.3) is 11.1 Å². The van der Waals surface area contributed by atoms with Crippen molar-refractivity contribution in [2.24, 2.45) is 0 Å². The quantitative estimate of drug-likeness (QED) is 0.856. The molecule has 1 nitrogen and oxygen atoms in total. The van der Waals surface area contributed by atoms with Gasteiger partial charge >= 0.3 is 0 Å². The van der Waals surface area contributed by atoms with Gasteiger partial charge in [0.15, 0.2) is 0 Å². The summed E-state index contributed by atoms with van der Waals surface area (Å²) in [5.41, 5.74) is 2.68. The molecule has 0 unspecified atom stereocenters. The third kappa shape index (κ3) is 3.43. The monoisotopic (exact) mass is 321 g/mol. The van der Waals surface area contributed by atoms with Gasteiger partial charge in [-0.3, -0.25) is 0 Å². The predicted molar refractivity (Wildman–Crippen MR) is 81.5 cm³/mol. The maximum atomic E-state index is 14.2. The number of halogens is 2. The molecule has 0 fully saturated rings. The fourth-order valence-electron chi connectivity index (χ4n) is 1.96. The van der Waals surface area contributed by atoms with E-state index >= 15 is 0 Å². The van der Waals surface area contributed by atoms with Crippen LogP contribution in [-0.2, 0) is 6.54 Å². The van der Waals surface area contributed by atoms with Crippen LogP contribution in [0.5, 0.6) is 0 Å². The zero-order valence-corrected chi connectivity index (χ0v) is 12.7. The molecule has 0 heterocycles. The Labute approximate surface area is 122 Å². The molecule has 0 radical (unpaired) electrons. The molecule has 0 spiro atoms. The number of rotatable bonds is 4. The van der Waals surface area contributed by atoms with Gasteiger partial charge in [-0.1, -0.05) is 50.2 Å². The normalized spacial score (nSPS) is 11.0. The second kappa shape index (κ2) is 6.31. The molecule has 3 heteroatoms. The van der Waals surface area contributed by atoms with Crippen LogP contribution in [0.3, 0.4) is 0 Å². The van der Waals surface area contributed by atoms with Gasteiger partial charge in [0.1, 0.15) is 5.82 Å².